The maximum atomic E-state index is 12.6. The van der Waals surface area contributed by atoms with Gasteiger partial charge in [-0.2, -0.15) is 13.2 Å². The molecule has 2 aromatic carbocycles. The Labute approximate surface area is 143 Å². The van der Waals surface area contributed by atoms with Gasteiger partial charge < -0.3 is 10.4 Å². The van der Waals surface area contributed by atoms with Gasteiger partial charge in [-0.3, -0.25) is 0 Å². The van der Waals surface area contributed by atoms with Crippen LogP contribution in [0.3, 0.4) is 0 Å². The monoisotopic (exact) mass is 349 g/mol. The lowest BCUT2D eigenvalue weighted by atomic mass is 9.75. The van der Waals surface area contributed by atoms with Crippen LogP contribution in [0.4, 0.5) is 13.2 Å². The summed E-state index contributed by atoms with van der Waals surface area (Å²) in [6, 6.07) is 12.4. The van der Waals surface area contributed by atoms with Gasteiger partial charge in [0.25, 0.3) is 0 Å². The summed E-state index contributed by atoms with van der Waals surface area (Å²) in [5.41, 5.74) is 1.59. The van der Waals surface area contributed by atoms with Crippen molar-refractivity contribution in [3.63, 3.8) is 0 Å². The highest BCUT2D eigenvalue weighted by Gasteiger charge is 2.32. The van der Waals surface area contributed by atoms with E-state index in [-0.39, 0.29) is 11.5 Å². The van der Waals surface area contributed by atoms with Gasteiger partial charge in [0, 0.05) is 12.6 Å². The van der Waals surface area contributed by atoms with E-state index in [0.717, 1.165) is 36.1 Å². The summed E-state index contributed by atoms with van der Waals surface area (Å²) in [5, 5.41) is 12.3. The lowest BCUT2D eigenvalue weighted by Gasteiger charge is -2.36. The summed E-state index contributed by atoms with van der Waals surface area (Å²) >= 11 is 0. The highest BCUT2D eigenvalue weighted by atomic mass is 19.4. The minimum atomic E-state index is -4.29. The zero-order valence-corrected chi connectivity index (χ0v) is 13.4. The Morgan fingerprint density at radius 3 is 2.16 bits per heavy atom. The molecule has 3 rings (SSSR count). The van der Waals surface area contributed by atoms with Gasteiger partial charge >= 0.3 is 12.1 Å². The van der Waals surface area contributed by atoms with Crippen molar-refractivity contribution < 1.29 is 23.1 Å². The van der Waals surface area contributed by atoms with E-state index in [0.29, 0.717) is 12.6 Å². The standard InChI is InChI=1S/C19H18F3NO2/c20-19(21,22)16-7-5-13(6-8-16)15-9-17(10-15)23-11-12-1-3-14(4-2-12)18(24)25/h1-8,15,17,23H,9-11H2,(H,24,25). The zero-order valence-electron chi connectivity index (χ0n) is 13.4. The smallest absolute Gasteiger partial charge is 0.416 e. The molecule has 0 radical (unpaired) electrons. The number of carboxylic acids is 1. The molecule has 0 bridgehead atoms. The lowest BCUT2D eigenvalue weighted by Crippen LogP contribution is -2.39. The average molecular weight is 349 g/mol. The van der Waals surface area contributed by atoms with Gasteiger partial charge in [0.1, 0.15) is 0 Å². The van der Waals surface area contributed by atoms with E-state index >= 15 is 0 Å². The first-order valence-electron chi connectivity index (χ1n) is 8.05. The van der Waals surface area contributed by atoms with Crippen LogP contribution in [0.25, 0.3) is 0 Å². The number of halogens is 3. The maximum absolute atomic E-state index is 12.6. The minimum Gasteiger partial charge on any atom is -0.478 e. The van der Waals surface area contributed by atoms with Crippen molar-refractivity contribution in [3.05, 3.63) is 70.8 Å². The molecule has 3 nitrogen and oxygen atoms in total. The van der Waals surface area contributed by atoms with Gasteiger partial charge in [0.05, 0.1) is 11.1 Å². The molecular weight excluding hydrogens is 331 g/mol. The third-order valence-electron chi connectivity index (χ3n) is 4.64. The van der Waals surface area contributed by atoms with Crippen LogP contribution in [0.5, 0.6) is 0 Å². The number of aromatic carboxylic acids is 1. The normalized spacial score (nSPS) is 20.1. The second kappa shape index (κ2) is 6.88. The molecule has 6 heteroatoms. The Balaban J connectivity index is 1.47. The number of hydrogen-bond donors (Lipinski definition) is 2. The van der Waals surface area contributed by atoms with Gasteiger partial charge in [-0.05, 0) is 54.2 Å². The molecule has 1 fully saturated rings. The fourth-order valence-electron chi connectivity index (χ4n) is 3.03. The number of rotatable bonds is 5. The molecule has 25 heavy (non-hydrogen) atoms. The second-order valence-corrected chi connectivity index (χ2v) is 6.37. The largest absolute Gasteiger partial charge is 0.478 e. The van der Waals surface area contributed by atoms with Crippen LogP contribution < -0.4 is 5.32 Å². The predicted octanol–water partition coefficient (Wildman–Crippen LogP) is 4.44. The van der Waals surface area contributed by atoms with Crippen molar-refractivity contribution in [3.8, 4) is 0 Å². The van der Waals surface area contributed by atoms with E-state index in [4.69, 9.17) is 5.11 Å². The zero-order chi connectivity index (χ0) is 18.0. The first kappa shape index (κ1) is 17.5. The highest BCUT2D eigenvalue weighted by Crippen LogP contribution is 2.38. The van der Waals surface area contributed by atoms with E-state index in [2.05, 4.69) is 5.32 Å². The highest BCUT2D eigenvalue weighted by molar-refractivity contribution is 5.87. The number of hydrogen-bond acceptors (Lipinski definition) is 2. The van der Waals surface area contributed by atoms with E-state index in [1.807, 2.05) is 0 Å². The van der Waals surface area contributed by atoms with Crippen molar-refractivity contribution in [1.29, 1.82) is 0 Å². The van der Waals surface area contributed by atoms with Crippen LogP contribution in [-0.4, -0.2) is 17.1 Å². The fourth-order valence-corrected chi connectivity index (χ4v) is 3.03. The van der Waals surface area contributed by atoms with Crippen LogP contribution in [0, 0.1) is 0 Å². The molecule has 0 amide bonds. The minimum absolute atomic E-state index is 0.259. The first-order valence-corrected chi connectivity index (χ1v) is 8.05. The number of alkyl halides is 3. The number of benzene rings is 2. The maximum Gasteiger partial charge on any atom is 0.416 e. The second-order valence-electron chi connectivity index (χ2n) is 6.37. The number of carboxylic acid groups (broad SMARTS) is 1. The third-order valence-corrected chi connectivity index (χ3v) is 4.64. The molecule has 1 aliphatic carbocycles. The van der Waals surface area contributed by atoms with E-state index in [9.17, 15) is 18.0 Å². The number of carbonyl (C=O) groups is 1. The summed E-state index contributed by atoms with van der Waals surface area (Å²) in [6.07, 6.45) is -2.52. The summed E-state index contributed by atoms with van der Waals surface area (Å²) in [4.78, 5) is 10.8. The third kappa shape index (κ3) is 4.20. The Morgan fingerprint density at radius 1 is 1.04 bits per heavy atom. The molecule has 0 aromatic heterocycles. The molecular formula is C19H18F3NO2. The molecule has 132 valence electrons. The van der Waals surface area contributed by atoms with Crippen molar-refractivity contribution in [2.75, 3.05) is 0 Å². The van der Waals surface area contributed by atoms with Crippen LogP contribution in [0.15, 0.2) is 48.5 Å². The molecule has 0 spiro atoms. The topological polar surface area (TPSA) is 49.3 Å². The first-order chi connectivity index (χ1) is 11.8. The average Bonchev–Trinajstić information content (AvgIpc) is 2.53. The fraction of sp³-hybridized carbons (Fsp3) is 0.316. The summed E-state index contributed by atoms with van der Waals surface area (Å²) in [7, 11) is 0. The molecule has 0 unspecified atom stereocenters. The summed E-state index contributed by atoms with van der Waals surface area (Å²) < 4.78 is 37.7. The van der Waals surface area contributed by atoms with Gasteiger partial charge in [-0.15, -0.1) is 0 Å². The molecule has 2 aromatic rings. The van der Waals surface area contributed by atoms with Crippen molar-refractivity contribution in [2.24, 2.45) is 0 Å². The Hall–Kier alpha value is -2.34. The van der Waals surface area contributed by atoms with E-state index in [1.165, 1.54) is 0 Å². The molecule has 0 saturated heterocycles. The predicted molar refractivity (Wildman–Crippen MR) is 87.4 cm³/mol. The Bertz CT molecular complexity index is 733. The molecule has 0 aliphatic heterocycles. The summed E-state index contributed by atoms with van der Waals surface area (Å²) in [5.74, 6) is -0.660. The quantitative estimate of drug-likeness (QED) is 0.839. The van der Waals surface area contributed by atoms with Crippen molar-refractivity contribution in [1.82, 2.24) is 5.32 Å². The van der Waals surface area contributed by atoms with E-state index < -0.39 is 17.7 Å². The van der Waals surface area contributed by atoms with Gasteiger partial charge in [0.15, 0.2) is 0 Å². The number of nitrogens with one attached hydrogen (secondary N) is 1. The Kier molecular flexibility index (Phi) is 4.81. The Morgan fingerprint density at radius 2 is 1.64 bits per heavy atom. The van der Waals surface area contributed by atoms with E-state index in [1.54, 1.807) is 36.4 Å². The van der Waals surface area contributed by atoms with Crippen molar-refractivity contribution >= 4 is 5.97 Å². The van der Waals surface area contributed by atoms with Gasteiger partial charge in [-0.1, -0.05) is 24.3 Å². The SMILES string of the molecule is O=C(O)c1ccc(CNC2CC(c3ccc(C(F)(F)F)cc3)C2)cc1. The van der Waals surface area contributed by atoms with Gasteiger partial charge in [0.2, 0.25) is 0 Å². The molecule has 1 aliphatic rings. The molecule has 2 N–H and O–H groups in total. The van der Waals surface area contributed by atoms with Crippen molar-refractivity contribution in [2.45, 2.75) is 37.5 Å². The molecule has 0 heterocycles. The van der Waals surface area contributed by atoms with Crippen LogP contribution in [-0.2, 0) is 12.7 Å². The molecule has 0 atom stereocenters. The van der Waals surface area contributed by atoms with Gasteiger partial charge in [-0.25, -0.2) is 4.79 Å². The summed E-state index contributed by atoms with van der Waals surface area (Å²) in [6.45, 7) is 0.643. The lowest BCUT2D eigenvalue weighted by molar-refractivity contribution is -0.137. The van der Waals surface area contributed by atoms with Crippen LogP contribution in [0.1, 0.15) is 45.8 Å². The van der Waals surface area contributed by atoms with Crippen LogP contribution >= 0.6 is 0 Å². The van der Waals surface area contributed by atoms with Crippen LogP contribution in [0.2, 0.25) is 0 Å². The molecule has 1 saturated carbocycles.